The lowest BCUT2D eigenvalue weighted by Crippen LogP contribution is -2.38. The van der Waals surface area contributed by atoms with E-state index in [1.54, 1.807) is 18.1 Å². The van der Waals surface area contributed by atoms with Gasteiger partial charge in [-0.1, -0.05) is 12.1 Å². The Morgan fingerprint density at radius 1 is 1.26 bits per heavy atom. The van der Waals surface area contributed by atoms with Crippen LogP contribution in [-0.2, 0) is 12.8 Å². The van der Waals surface area contributed by atoms with E-state index >= 15 is 0 Å². The summed E-state index contributed by atoms with van der Waals surface area (Å²) in [6.45, 7) is 1.56. The van der Waals surface area contributed by atoms with Crippen LogP contribution in [0.4, 0.5) is 0 Å². The molecule has 122 valence electrons. The molecule has 1 aromatic heterocycles. The van der Waals surface area contributed by atoms with Gasteiger partial charge in [0.25, 0.3) is 5.91 Å². The normalized spacial score (nSPS) is 15.8. The number of likely N-dealkylation sites (tertiary alicyclic amines) is 1. The van der Waals surface area contributed by atoms with Crippen molar-refractivity contribution in [3.05, 3.63) is 47.5 Å². The van der Waals surface area contributed by atoms with Crippen LogP contribution in [0, 0.1) is 0 Å². The third-order valence-corrected chi connectivity index (χ3v) is 5.03. The monoisotopic (exact) mass is 330 g/mol. The molecule has 0 N–H and O–H groups in total. The smallest absolute Gasteiger partial charge is 0.253 e. The van der Waals surface area contributed by atoms with Crippen molar-refractivity contribution in [1.29, 1.82) is 0 Å². The van der Waals surface area contributed by atoms with E-state index in [1.807, 2.05) is 28.6 Å². The van der Waals surface area contributed by atoms with Crippen molar-refractivity contribution in [2.75, 3.05) is 19.3 Å². The second-order valence-electron chi connectivity index (χ2n) is 6.00. The first-order chi connectivity index (χ1) is 11.2. The molecule has 1 fully saturated rings. The first-order valence-electron chi connectivity index (χ1n) is 7.90. The third kappa shape index (κ3) is 3.58. The Morgan fingerprint density at radius 2 is 1.96 bits per heavy atom. The Morgan fingerprint density at radius 3 is 2.52 bits per heavy atom. The molecule has 1 aliphatic heterocycles. The zero-order valence-electron chi connectivity index (χ0n) is 13.6. The SMILES string of the molecule is CSCc1ccc(C(=O)N2CCC(c3nncn3C)CC2)cc1. The van der Waals surface area contributed by atoms with Gasteiger partial charge in [-0.25, -0.2) is 0 Å². The van der Waals surface area contributed by atoms with E-state index in [1.165, 1.54) is 5.56 Å². The number of piperidine rings is 1. The van der Waals surface area contributed by atoms with Crippen LogP contribution in [-0.4, -0.2) is 44.9 Å². The Hall–Kier alpha value is -1.82. The van der Waals surface area contributed by atoms with E-state index in [2.05, 4.69) is 28.6 Å². The summed E-state index contributed by atoms with van der Waals surface area (Å²) in [7, 11) is 1.98. The van der Waals surface area contributed by atoms with Gasteiger partial charge in [0.05, 0.1) is 0 Å². The molecule has 0 saturated carbocycles. The summed E-state index contributed by atoms with van der Waals surface area (Å²) in [5.41, 5.74) is 2.04. The van der Waals surface area contributed by atoms with Crippen molar-refractivity contribution >= 4 is 17.7 Å². The predicted octanol–water partition coefficient (Wildman–Crippen LogP) is 2.70. The van der Waals surface area contributed by atoms with Crippen LogP contribution >= 0.6 is 11.8 Å². The highest BCUT2D eigenvalue weighted by atomic mass is 32.2. The largest absolute Gasteiger partial charge is 0.339 e. The minimum Gasteiger partial charge on any atom is -0.339 e. The van der Waals surface area contributed by atoms with Crippen molar-refractivity contribution in [1.82, 2.24) is 19.7 Å². The first-order valence-corrected chi connectivity index (χ1v) is 9.29. The number of benzene rings is 1. The van der Waals surface area contributed by atoms with Crippen LogP contribution in [0.1, 0.15) is 40.5 Å². The zero-order valence-corrected chi connectivity index (χ0v) is 14.4. The highest BCUT2D eigenvalue weighted by Gasteiger charge is 2.26. The number of aryl methyl sites for hydroxylation is 1. The highest BCUT2D eigenvalue weighted by molar-refractivity contribution is 7.97. The number of hydrogen-bond donors (Lipinski definition) is 0. The molecule has 0 spiro atoms. The van der Waals surface area contributed by atoms with E-state index in [4.69, 9.17) is 0 Å². The number of nitrogens with zero attached hydrogens (tertiary/aromatic N) is 4. The molecule has 1 amide bonds. The highest BCUT2D eigenvalue weighted by Crippen LogP contribution is 2.27. The maximum Gasteiger partial charge on any atom is 0.253 e. The number of thioether (sulfide) groups is 1. The Kier molecular flexibility index (Phi) is 5.00. The standard InChI is InChI=1S/C17H22N4OS/c1-20-12-18-19-16(20)14-7-9-21(10-8-14)17(22)15-5-3-13(4-6-15)11-23-2/h3-6,12,14H,7-11H2,1-2H3. The molecule has 2 heterocycles. The van der Waals surface area contributed by atoms with Gasteiger partial charge in [0, 0.05) is 37.4 Å². The van der Waals surface area contributed by atoms with Crippen molar-refractivity contribution in [3.63, 3.8) is 0 Å². The van der Waals surface area contributed by atoms with E-state index in [0.29, 0.717) is 5.92 Å². The fraction of sp³-hybridized carbons (Fsp3) is 0.471. The van der Waals surface area contributed by atoms with Crippen molar-refractivity contribution in [2.24, 2.45) is 7.05 Å². The minimum atomic E-state index is 0.136. The Labute approximate surface area is 141 Å². The van der Waals surface area contributed by atoms with Crippen LogP contribution in [0.15, 0.2) is 30.6 Å². The van der Waals surface area contributed by atoms with Crippen LogP contribution in [0.3, 0.4) is 0 Å². The molecule has 0 bridgehead atoms. The summed E-state index contributed by atoms with van der Waals surface area (Å²) in [6, 6.07) is 8.00. The van der Waals surface area contributed by atoms with Gasteiger partial charge in [-0.2, -0.15) is 11.8 Å². The minimum absolute atomic E-state index is 0.136. The average molecular weight is 330 g/mol. The topological polar surface area (TPSA) is 51.0 Å². The molecule has 2 aromatic rings. The zero-order chi connectivity index (χ0) is 16.2. The van der Waals surface area contributed by atoms with Crippen molar-refractivity contribution in [3.8, 4) is 0 Å². The quantitative estimate of drug-likeness (QED) is 0.865. The van der Waals surface area contributed by atoms with Crippen LogP contribution < -0.4 is 0 Å². The van der Waals surface area contributed by atoms with Gasteiger partial charge in [-0.3, -0.25) is 4.79 Å². The number of carbonyl (C=O) groups excluding carboxylic acids is 1. The molecule has 0 aliphatic carbocycles. The fourth-order valence-electron chi connectivity index (χ4n) is 3.10. The summed E-state index contributed by atoms with van der Waals surface area (Å²) in [4.78, 5) is 14.6. The lowest BCUT2D eigenvalue weighted by Gasteiger charge is -2.31. The summed E-state index contributed by atoms with van der Waals surface area (Å²) in [6.07, 6.45) is 5.72. The second-order valence-corrected chi connectivity index (χ2v) is 6.86. The summed E-state index contributed by atoms with van der Waals surface area (Å²) in [5, 5.41) is 8.15. The second kappa shape index (κ2) is 7.17. The number of carbonyl (C=O) groups is 1. The lowest BCUT2D eigenvalue weighted by atomic mass is 9.95. The molecule has 1 aliphatic rings. The molecule has 23 heavy (non-hydrogen) atoms. The molecule has 1 saturated heterocycles. The molecule has 6 heteroatoms. The summed E-state index contributed by atoms with van der Waals surface area (Å²) in [5.74, 6) is 2.54. The fourth-order valence-corrected chi connectivity index (χ4v) is 3.62. The number of aromatic nitrogens is 3. The van der Waals surface area contributed by atoms with Crippen LogP contribution in [0.25, 0.3) is 0 Å². The maximum atomic E-state index is 12.6. The van der Waals surface area contributed by atoms with Gasteiger partial charge in [0.1, 0.15) is 12.2 Å². The van der Waals surface area contributed by atoms with Crippen LogP contribution in [0.2, 0.25) is 0 Å². The third-order valence-electron chi connectivity index (χ3n) is 4.41. The van der Waals surface area contributed by atoms with Gasteiger partial charge in [0.2, 0.25) is 0 Å². The molecule has 0 unspecified atom stereocenters. The molecular formula is C17H22N4OS. The van der Waals surface area contributed by atoms with Crippen molar-refractivity contribution in [2.45, 2.75) is 24.5 Å². The van der Waals surface area contributed by atoms with Gasteiger partial charge >= 0.3 is 0 Å². The van der Waals surface area contributed by atoms with E-state index in [-0.39, 0.29) is 5.91 Å². The van der Waals surface area contributed by atoms with Crippen molar-refractivity contribution < 1.29 is 4.79 Å². The van der Waals surface area contributed by atoms with Gasteiger partial charge < -0.3 is 9.47 Å². The summed E-state index contributed by atoms with van der Waals surface area (Å²) < 4.78 is 1.98. The lowest BCUT2D eigenvalue weighted by molar-refractivity contribution is 0.0710. The van der Waals surface area contributed by atoms with Crippen LogP contribution in [0.5, 0.6) is 0 Å². The molecule has 1 aromatic carbocycles. The van der Waals surface area contributed by atoms with Gasteiger partial charge in [-0.05, 0) is 36.8 Å². The average Bonchev–Trinajstić information content (AvgIpc) is 3.01. The molecule has 3 rings (SSSR count). The number of rotatable bonds is 4. The number of hydrogen-bond acceptors (Lipinski definition) is 4. The van der Waals surface area contributed by atoms with Gasteiger partial charge in [-0.15, -0.1) is 10.2 Å². The molecule has 0 radical (unpaired) electrons. The Balaban J connectivity index is 1.60. The van der Waals surface area contributed by atoms with E-state index in [9.17, 15) is 4.79 Å². The summed E-state index contributed by atoms with van der Waals surface area (Å²) >= 11 is 1.79. The number of amides is 1. The maximum absolute atomic E-state index is 12.6. The predicted molar refractivity (Wildman–Crippen MR) is 92.5 cm³/mol. The Bertz CT molecular complexity index is 659. The van der Waals surface area contributed by atoms with E-state index in [0.717, 1.165) is 43.1 Å². The molecule has 5 nitrogen and oxygen atoms in total. The molecule has 0 atom stereocenters. The van der Waals surface area contributed by atoms with E-state index < -0.39 is 0 Å². The molecular weight excluding hydrogens is 308 g/mol. The first kappa shape index (κ1) is 16.1. The van der Waals surface area contributed by atoms with Gasteiger partial charge in [0.15, 0.2) is 0 Å².